The Morgan fingerprint density at radius 3 is 1.11 bits per heavy atom. The first-order chi connectivity index (χ1) is 23.3. The molecule has 0 radical (unpaired) electrons. The molecule has 0 saturated carbocycles. The second kappa shape index (κ2) is 9.12. The molecule has 0 saturated heterocycles. The van der Waals surface area contributed by atoms with Crippen LogP contribution in [0.2, 0.25) is 0 Å². The van der Waals surface area contributed by atoms with Crippen LogP contribution in [0.1, 0.15) is 0 Å². The minimum Gasteiger partial charge on any atom is -0.456 e. The average molecular weight is 601 g/mol. The second-order valence-electron chi connectivity index (χ2n) is 12.4. The van der Waals surface area contributed by atoms with Gasteiger partial charge in [0, 0.05) is 43.1 Å². The van der Waals surface area contributed by atoms with Crippen molar-refractivity contribution >= 4 is 87.4 Å². The predicted molar refractivity (Wildman–Crippen MR) is 194 cm³/mol. The van der Waals surface area contributed by atoms with E-state index >= 15 is 0 Å². The van der Waals surface area contributed by atoms with Crippen molar-refractivity contribution in [1.29, 1.82) is 0 Å². The van der Waals surface area contributed by atoms with Crippen LogP contribution in [0.25, 0.3) is 110 Å². The van der Waals surface area contributed by atoms with E-state index in [4.69, 9.17) is 13.3 Å². The van der Waals surface area contributed by atoms with Gasteiger partial charge >= 0.3 is 0 Å². The molecular formula is C44H24O3. The minimum absolute atomic E-state index is 0.896. The Hall–Kier alpha value is -6.32. The highest BCUT2D eigenvalue weighted by Gasteiger charge is 2.20. The third-order valence-corrected chi connectivity index (χ3v) is 9.86. The molecule has 3 heteroatoms. The van der Waals surface area contributed by atoms with Gasteiger partial charge in [-0.05, 0) is 81.6 Å². The number of fused-ring (bicyclic) bond motifs is 13. The SMILES string of the molecule is c1ccc2c(c1)oc1ccc(-c3cc4c5cc(-c6ccc7oc8ccccc8c7c6)c6ccccc6c5oc4c4ccccc34)cc12. The number of furan rings is 3. The molecule has 0 aliphatic heterocycles. The fourth-order valence-corrected chi connectivity index (χ4v) is 7.68. The van der Waals surface area contributed by atoms with Gasteiger partial charge in [-0.15, -0.1) is 0 Å². The molecule has 218 valence electrons. The summed E-state index contributed by atoms with van der Waals surface area (Å²) in [5.74, 6) is 0. The van der Waals surface area contributed by atoms with E-state index in [9.17, 15) is 0 Å². The lowest BCUT2D eigenvalue weighted by Gasteiger charge is -2.09. The lowest BCUT2D eigenvalue weighted by molar-refractivity contribution is 0.668. The maximum Gasteiger partial charge on any atom is 0.143 e. The van der Waals surface area contributed by atoms with E-state index in [1.807, 2.05) is 24.3 Å². The van der Waals surface area contributed by atoms with Gasteiger partial charge < -0.3 is 13.3 Å². The number of para-hydroxylation sites is 2. The fourth-order valence-electron chi connectivity index (χ4n) is 7.68. The molecule has 0 unspecified atom stereocenters. The third kappa shape index (κ3) is 3.46. The van der Waals surface area contributed by atoms with Crippen LogP contribution < -0.4 is 0 Å². The fraction of sp³-hybridized carbons (Fsp3) is 0. The zero-order chi connectivity index (χ0) is 30.6. The Labute approximate surface area is 267 Å². The second-order valence-corrected chi connectivity index (χ2v) is 12.4. The van der Waals surface area contributed by atoms with Crippen LogP contribution in [-0.2, 0) is 0 Å². The van der Waals surface area contributed by atoms with Crippen LogP contribution in [0, 0.1) is 0 Å². The minimum atomic E-state index is 0.896. The number of benzene rings is 8. The van der Waals surface area contributed by atoms with Gasteiger partial charge in [0.2, 0.25) is 0 Å². The van der Waals surface area contributed by atoms with E-state index in [2.05, 4.69) is 121 Å². The number of rotatable bonds is 2. The van der Waals surface area contributed by atoms with Crippen LogP contribution in [0.4, 0.5) is 0 Å². The number of hydrogen-bond donors (Lipinski definition) is 0. The number of hydrogen-bond acceptors (Lipinski definition) is 3. The van der Waals surface area contributed by atoms with E-state index < -0.39 is 0 Å². The molecule has 0 aliphatic carbocycles. The van der Waals surface area contributed by atoms with E-state index in [0.29, 0.717) is 0 Å². The quantitative estimate of drug-likeness (QED) is 0.198. The largest absolute Gasteiger partial charge is 0.456 e. The van der Waals surface area contributed by atoms with Gasteiger partial charge in [-0.1, -0.05) is 97.1 Å². The van der Waals surface area contributed by atoms with Crippen LogP contribution in [0.3, 0.4) is 0 Å². The molecule has 0 atom stereocenters. The summed E-state index contributed by atoms with van der Waals surface area (Å²) < 4.78 is 19.2. The molecule has 3 heterocycles. The molecule has 11 rings (SSSR count). The molecule has 3 aromatic heterocycles. The average Bonchev–Trinajstić information content (AvgIpc) is 3.82. The van der Waals surface area contributed by atoms with Crippen LogP contribution >= 0.6 is 0 Å². The van der Waals surface area contributed by atoms with Crippen LogP contribution in [0.5, 0.6) is 0 Å². The van der Waals surface area contributed by atoms with E-state index in [1.54, 1.807) is 0 Å². The predicted octanol–water partition coefficient (Wildman–Crippen LogP) is 13.0. The Morgan fingerprint density at radius 1 is 0.255 bits per heavy atom. The van der Waals surface area contributed by atoms with Crippen molar-refractivity contribution in [2.75, 3.05) is 0 Å². The van der Waals surface area contributed by atoms with Gasteiger partial charge in [-0.3, -0.25) is 0 Å². The lowest BCUT2D eigenvalue weighted by atomic mass is 9.92. The molecular weight excluding hydrogens is 576 g/mol. The molecule has 3 nitrogen and oxygen atoms in total. The van der Waals surface area contributed by atoms with E-state index in [1.165, 1.54) is 11.1 Å². The Balaban J connectivity index is 1.22. The van der Waals surface area contributed by atoms with Gasteiger partial charge in [0.05, 0.1) is 0 Å². The summed E-state index contributed by atoms with van der Waals surface area (Å²) >= 11 is 0. The van der Waals surface area contributed by atoms with Gasteiger partial charge in [-0.2, -0.15) is 0 Å². The van der Waals surface area contributed by atoms with Crippen molar-refractivity contribution in [3.05, 3.63) is 146 Å². The van der Waals surface area contributed by atoms with E-state index in [-0.39, 0.29) is 0 Å². The third-order valence-electron chi connectivity index (χ3n) is 9.86. The molecule has 0 N–H and O–H groups in total. The van der Waals surface area contributed by atoms with Crippen molar-refractivity contribution in [1.82, 2.24) is 0 Å². The van der Waals surface area contributed by atoms with Crippen molar-refractivity contribution in [2.45, 2.75) is 0 Å². The molecule has 0 aliphatic rings. The van der Waals surface area contributed by atoms with Gasteiger partial charge in [0.25, 0.3) is 0 Å². The van der Waals surface area contributed by atoms with Crippen molar-refractivity contribution in [3.8, 4) is 22.3 Å². The first-order valence-corrected chi connectivity index (χ1v) is 15.9. The van der Waals surface area contributed by atoms with Gasteiger partial charge in [0.1, 0.15) is 33.5 Å². The highest BCUT2D eigenvalue weighted by Crippen LogP contribution is 2.45. The summed E-state index contributed by atoms with van der Waals surface area (Å²) in [6.45, 7) is 0. The molecule has 0 amide bonds. The van der Waals surface area contributed by atoms with Gasteiger partial charge in [0.15, 0.2) is 0 Å². The topological polar surface area (TPSA) is 39.4 Å². The summed E-state index contributed by atoms with van der Waals surface area (Å²) in [6.07, 6.45) is 0. The van der Waals surface area contributed by atoms with Crippen LogP contribution in [0.15, 0.2) is 159 Å². The maximum atomic E-state index is 6.86. The van der Waals surface area contributed by atoms with E-state index in [0.717, 1.165) is 98.5 Å². The molecule has 11 aromatic rings. The first-order valence-electron chi connectivity index (χ1n) is 15.9. The Bertz CT molecular complexity index is 2870. The molecule has 0 spiro atoms. The summed E-state index contributed by atoms with van der Waals surface area (Å²) in [5, 5.41) is 11.2. The summed E-state index contributed by atoms with van der Waals surface area (Å²) in [4.78, 5) is 0. The summed E-state index contributed by atoms with van der Waals surface area (Å²) in [6, 6.07) is 51.4. The smallest absolute Gasteiger partial charge is 0.143 e. The first kappa shape index (κ1) is 24.9. The van der Waals surface area contributed by atoms with Crippen molar-refractivity contribution in [3.63, 3.8) is 0 Å². The maximum absolute atomic E-state index is 6.86. The molecule has 47 heavy (non-hydrogen) atoms. The Morgan fingerprint density at radius 2 is 0.638 bits per heavy atom. The molecule has 8 aromatic carbocycles. The zero-order valence-corrected chi connectivity index (χ0v) is 25.1. The molecule has 0 bridgehead atoms. The highest BCUT2D eigenvalue weighted by atomic mass is 16.3. The highest BCUT2D eigenvalue weighted by molar-refractivity contribution is 6.25. The van der Waals surface area contributed by atoms with Crippen LogP contribution in [-0.4, -0.2) is 0 Å². The lowest BCUT2D eigenvalue weighted by Crippen LogP contribution is -1.84. The van der Waals surface area contributed by atoms with Crippen molar-refractivity contribution in [2.24, 2.45) is 0 Å². The molecule has 0 fully saturated rings. The van der Waals surface area contributed by atoms with Crippen molar-refractivity contribution < 1.29 is 13.3 Å². The summed E-state index contributed by atoms with van der Waals surface area (Å²) in [7, 11) is 0. The Kier molecular flexibility index (Phi) is 4.84. The monoisotopic (exact) mass is 600 g/mol. The standard InChI is InChI=1S/C44H24O3/c1-3-13-31-27(9-1)33(25-17-19-41-35(21-25)29-11-5-7-15-39(29)45-41)23-37-38-24-34(28-10-2-4-14-32(28)44(38)47-43(31)37)26-18-20-42-36(22-26)30-12-6-8-16-40(30)46-42/h1-24H. The van der Waals surface area contributed by atoms with Gasteiger partial charge in [-0.25, -0.2) is 0 Å². The zero-order valence-electron chi connectivity index (χ0n) is 25.1. The summed E-state index contributed by atoms with van der Waals surface area (Å²) in [5.41, 5.74) is 10.1. The normalized spacial score (nSPS) is 12.3.